The van der Waals surface area contributed by atoms with Crippen molar-refractivity contribution in [2.75, 3.05) is 12.4 Å². The normalized spacial score (nSPS) is 18.0. The van der Waals surface area contributed by atoms with Crippen molar-refractivity contribution in [3.05, 3.63) is 72.2 Å². The number of hydrogen-bond donors (Lipinski definition) is 1. The van der Waals surface area contributed by atoms with Crippen molar-refractivity contribution in [1.29, 1.82) is 0 Å². The van der Waals surface area contributed by atoms with Gasteiger partial charge >= 0.3 is 0 Å². The van der Waals surface area contributed by atoms with E-state index in [1.807, 2.05) is 61.5 Å². The molecule has 0 saturated heterocycles. The van der Waals surface area contributed by atoms with E-state index in [-0.39, 0.29) is 17.7 Å². The largest absolute Gasteiger partial charge is 0.496 e. The van der Waals surface area contributed by atoms with Crippen LogP contribution in [-0.4, -0.2) is 23.0 Å². The minimum atomic E-state index is -0.0220. The van der Waals surface area contributed by atoms with Crippen LogP contribution in [0.5, 0.6) is 5.75 Å². The summed E-state index contributed by atoms with van der Waals surface area (Å²) in [4.78, 5) is 21.3. The number of rotatable bonds is 5. The Bertz CT molecular complexity index is 987. The quantitative estimate of drug-likeness (QED) is 0.741. The number of hydrogen-bond acceptors (Lipinski definition) is 4. The highest BCUT2D eigenvalue weighted by Crippen LogP contribution is 2.50. The third-order valence-electron chi connectivity index (χ3n) is 4.87. The van der Waals surface area contributed by atoms with Gasteiger partial charge in [0.05, 0.1) is 12.8 Å². The molecule has 0 aliphatic heterocycles. The SMILES string of the molecule is COc1ccccc1[C@@H]1C[C@@H]1C(=O)Nc1cccc(-c2ccnc(C)n2)c1. The fraction of sp³-hybridized carbons (Fsp3) is 0.227. The maximum atomic E-state index is 12.7. The van der Waals surface area contributed by atoms with Crippen LogP contribution in [0.25, 0.3) is 11.3 Å². The lowest BCUT2D eigenvalue weighted by molar-refractivity contribution is -0.117. The molecule has 1 aliphatic rings. The van der Waals surface area contributed by atoms with Crippen molar-refractivity contribution >= 4 is 11.6 Å². The number of para-hydroxylation sites is 1. The molecular formula is C22H21N3O2. The molecule has 5 nitrogen and oxygen atoms in total. The molecule has 0 unspecified atom stereocenters. The van der Waals surface area contributed by atoms with E-state index in [0.29, 0.717) is 0 Å². The maximum absolute atomic E-state index is 12.7. The minimum Gasteiger partial charge on any atom is -0.496 e. The first kappa shape index (κ1) is 17.2. The first-order chi connectivity index (χ1) is 13.2. The van der Waals surface area contributed by atoms with Gasteiger partial charge in [0.25, 0.3) is 0 Å². The molecule has 1 heterocycles. The van der Waals surface area contributed by atoms with Crippen LogP contribution >= 0.6 is 0 Å². The monoisotopic (exact) mass is 359 g/mol. The topological polar surface area (TPSA) is 64.1 Å². The molecule has 0 bridgehead atoms. The third kappa shape index (κ3) is 3.67. The molecule has 1 fully saturated rings. The fourth-order valence-corrected chi connectivity index (χ4v) is 3.41. The van der Waals surface area contributed by atoms with Crippen molar-refractivity contribution in [3.8, 4) is 17.0 Å². The highest BCUT2D eigenvalue weighted by molar-refractivity contribution is 5.95. The second kappa shape index (κ2) is 7.19. The zero-order chi connectivity index (χ0) is 18.8. The molecule has 2 atom stereocenters. The first-order valence-electron chi connectivity index (χ1n) is 8.99. The molecule has 1 N–H and O–H groups in total. The van der Waals surface area contributed by atoms with Crippen molar-refractivity contribution in [3.63, 3.8) is 0 Å². The lowest BCUT2D eigenvalue weighted by Crippen LogP contribution is -2.14. The van der Waals surface area contributed by atoms with Crippen LogP contribution in [0.1, 0.15) is 23.7 Å². The van der Waals surface area contributed by atoms with Gasteiger partial charge in [-0.25, -0.2) is 9.97 Å². The van der Waals surface area contributed by atoms with Gasteiger partial charge in [-0.3, -0.25) is 4.79 Å². The van der Waals surface area contributed by atoms with Crippen LogP contribution in [0, 0.1) is 12.8 Å². The number of methoxy groups -OCH3 is 1. The van der Waals surface area contributed by atoms with Gasteiger partial charge in [-0.2, -0.15) is 0 Å². The van der Waals surface area contributed by atoms with Crippen LogP contribution < -0.4 is 10.1 Å². The average Bonchev–Trinajstić information content (AvgIpc) is 3.49. The number of ether oxygens (including phenoxy) is 1. The number of carbonyl (C=O) groups is 1. The molecule has 4 rings (SSSR count). The Kier molecular flexibility index (Phi) is 4.59. The zero-order valence-corrected chi connectivity index (χ0v) is 15.3. The second-order valence-electron chi connectivity index (χ2n) is 6.75. The summed E-state index contributed by atoms with van der Waals surface area (Å²) >= 11 is 0. The summed E-state index contributed by atoms with van der Waals surface area (Å²) in [5.74, 6) is 1.81. The smallest absolute Gasteiger partial charge is 0.228 e. The van der Waals surface area contributed by atoms with E-state index in [1.165, 1.54) is 0 Å². The fourth-order valence-electron chi connectivity index (χ4n) is 3.41. The Hall–Kier alpha value is -3.21. The molecule has 0 spiro atoms. The van der Waals surface area contributed by atoms with Crippen molar-refractivity contribution in [2.45, 2.75) is 19.3 Å². The number of aryl methyl sites for hydroxylation is 1. The van der Waals surface area contributed by atoms with E-state index in [4.69, 9.17) is 4.74 Å². The van der Waals surface area contributed by atoms with Crippen LogP contribution in [-0.2, 0) is 4.79 Å². The molecule has 2 aromatic carbocycles. The summed E-state index contributed by atoms with van der Waals surface area (Å²) in [7, 11) is 1.66. The van der Waals surface area contributed by atoms with E-state index in [1.54, 1.807) is 13.3 Å². The standard InChI is InChI=1S/C22H21N3O2/c1-14-23-11-10-20(24-14)15-6-5-7-16(12-15)25-22(26)19-13-18(19)17-8-3-4-9-21(17)27-2/h3-12,18-19H,13H2,1-2H3,(H,25,26)/t18-,19-/m0/s1. The summed E-state index contributed by atoms with van der Waals surface area (Å²) in [5, 5.41) is 3.04. The number of nitrogens with one attached hydrogen (secondary N) is 1. The number of carbonyl (C=O) groups excluding carboxylic acids is 1. The van der Waals surface area contributed by atoms with Crippen molar-refractivity contribution < 1.29 is 9.53 Å². The van der Waals surface area contributed by atoms with E-state index in [9.17, 15) is 4.79 Å². The number of aromatic nitrogens is 2. The molecule has 1 aliphatic carbocycles. The molecule has 27 heavy (non-hydrogen) atoms. The number of nitrogens with zero attached hydrogens (tertiary/aromatic N) is 2. The minimum absolute atomic E-state index is 0.0220. The molecular weight excluding hydrogens is 338 g/mol. The van der Waals surface area contributed by atoms with Gasteiger partial charge in [0.2, 0.25) is 5.91 Å². The summed E-state index contributed by atoms with van der Waals surface area (Å²) in [6.07, 6.45) is 2.59. The Morgan fingerprint density at radius 3 is 2.81 bits per heavy atom. The summed E-state index contributed by atoms with van der Waals surface area (Å²) in [5.41, 5.74) is 3.68. The summed E-state index contributed by atoms with van der Waals surface area (Å²) in [6, 6.07) is 17.5. The van der Waals surface area contributed by atoms with Gasteiger partial charge < -0.3 is 10.1 Å². The predicted octanol–water partition coefficient (Wildman–Crippen LogP) is 4.20. The van der Waals surface area contributed by atoms with Gasteiger partial charge in [-0.15, -0.1) is 0 Å². The van der Waals surface area contributed by atoms with Crippen LogP contribution in [0.4, 0.5) is 5.69 Å². The maximum Gasteiger partial charge on any atom is 0.228 e. The Morgan fingerprint density at radius 2 is 2.00 bits per heavy atom. The zero-order valence-electron chi connectivity index (χ0n) is 15.3. The van der Waals surface area contributed by atoms with E-state index >= 15 is 0 Å². The predicted molar refractivity (Wildman–Crippen MR) is 105 cm³/mol. The summed E-state index contributed by atoms with van der Waals surface area (Å²) < 4.78 is 5.42. The molecule has 0 radical (unpaired) electrons. The van der Waals surface area contributed by atoms with Crippen molar-refractivity contribution in [2.24, 2.45) is 5.92 Å². The first-order valence-corrected chi connectivity index (χ1v) is 8.99. The number of anilines is 1. The van der Waals surface area contributed by atoms with Crippen LogP contribution in [0.2, 0.25) is 0 Å². The third-order valence-corrected chi connectivity index (χ3v) is 4.87. The van der Waals surface area contributed by atoms with E-state index in [0.717, 1.165) is 40.5 Å². The molecule has 1 aromatic heterocycles. The lowest BCUT2D eigenvalue weighted by Gasteiger charge is -2.09. The van der Waals surface area contributed by atoms with E-state index < -0.39 is 0 Å². The molecule has 136 valence electrons. The van der Waals surface area contributed by atoms with E-state index in [2.05, 4.69) is 15.3 Å². The van der Waals surface area contributed by atoms with Gasteiger partial charge in [0, 0.05) is 23.4 Å². The second-order valence-corrected chi connectivity index (χ2v) is 6.75. The van der Waals surface area contributed by atoms with Gasteiger partial charge in [-0.05, 0) is 49.1 Å². The number of amides is 1. The molecule has 3 aromatic rings. The highest BCUT2D eigenvalue weighted by Gasteiger charge is 2.45. The molecule has 1 saturated carbocycles. The molecule has 1 amide bonds. The Balaban J connectivity index is 1.47. The van der Waals surface area contributed by atoms with Crippen LogP contribution in [0.3, 0.4) is 0 Å². The average molecular weight is 359 g/mol. The molecule has 5 heteroatoms. The highest BCUT2D eigenvalue weighted by atomic mass is 16.5. The number of benzene rings is 2. The van der Waals surface area contributed by atoms with Gasteiger partial charge in [0.1, 0.15) is 11.6 Å². The van der Waals surface area contributed by atoms with Gasteiger partial charge in [-0.1, -0.05) is 30.3 Å². The summed E-state index contributed by atoms with van der Waals surface area (Å²) in [6.45, 7) is 1.86. The lowest BCUT2D eigenvalue weighted by atomic mass is 10.1. The van der Waals surface area contributed by atoms with Crippen molar-refractivity contribution in [1.82, 2.24) is 9.97 Å². The van der Waals surface area contributed by atoms with Gasteiger partial charge in [0.15, 0.2) is 0 Å². The Morgan fingerprint density at radius 1 is 1.15 bits per heavy atom. The van der Waals surface area contributed by atoms with Crippen LogP contribution in [0.15, 0.2) is 60.8 Å². The Labute approximate surface area is 158 Å².